The van der Waals surface area contributed by atoms with Crippen molar-refractivity contribution in [1.82, 2.24) is 20.0 Å². The predicted molar refractivity (Wildman–Crippen MR) is 90.8 cm³/mol. The fourth-order valence-electron chi connectivity index (χ4n) is 2.54. The number of hydrogen-bond acceptors (Lipinski definition) is 4. The number of aromatic nitrogens is 2. The number of carbonyl (C=O) groups is 2. The molecule has 2 aromatic rings. The Hall–Kier alpha value is -2.48. The van der Waals surface area contributed by atoms with Gasteiger partial charge in [0.15, 0.2) is 0 Å². The highest BCUT2D eigenvalue weighted by molar-refractivity contribution is 9.10. The molecular weight excluding hydrogens is 376 g/mol. The van der Waals surface area contributed by atoms with Gasteiger partial charge in [-0.3, -0.25) is 14.4 Å². The molecule has 0 saturated carbocycles. The normalized spacial score (nSPS) is 14.5. The number of carbonyl (C=O) groups excluding carboxylic acids is 2. The first kappa shape index (κ1) is 16.4. The maximum atomic E-state index is 12.5. The molecule has 8 heteroatoms. The van der Waals surface area contributed by atoms with Crippen LogP contribution in [-0.2, 0) is 0 Å². The van der Waals surface area contributed by atoms with Gasteiger partial charge >= 0.3 is 0 Å². The average Bonchev–Trinajstić information content (AvgIpc) is 2.61. The number of nitrogens with one attached hydrogen (secondary N) is 1. The SMILES string of the molecule is O=C(c1cccc(Br)c1)N1CCN(C(=O)c2ccc(=O)[nH]n2)CC1. The van der Waals surface area contributed by atoms with Gasteiger partial charge in [0.05, 0.1) is 0 Å². The van der Waals surface area contributed by atoms with Gasteiger partial charge in [-0.1, -0.05) is 22.0 Å². The zero-order valence-electron chi connectivity index (χ0n) is 12.7. The van der Waals surface area contributed by atoms with Crippen LogP contribution < -0.4 is 5.56 Å². The van der Waals surface area contributed by atoms with Crippen LogP contribution >= 0.6 is 15.9 Å². The van der Waals surface area contributed by atoms with Gasteiger partial charge in [0.1, 0.15) is 5.69 Å². The summed E-state index contributed by atoms with van der Waals surface area (Å²) in [5, 5.41) is 6.00. The molecule has 1 fully saturated rings. The summed E-state index contributed by atoms with van der Waals surface area (Å²) in [6.45, 7) is 1.78. The summed E-state index contributed by atoms with van der Waals surface area (Å²) in [6.07, 6.45) is 0. The van der Waals surface area contributed by atoms with Gasteiger partial charge < -0.3 is 9.80 Å². The van der Waals surface area contributed by atoms with E-state index in [0.717, 1.165) is 4.47 Å². The predicted octanol–water partition coefficient (Wildman–Crippen LogP) is 1.13. The van der Waals surface area contributed by atoms with Crippen molar-refractivity contribution in [2.75, 3.05) is 26.2 Å². The van der Waals surface area contributed by atoms with Crippen LogP contribution in [0.15, 0.2) is 45.7 Å². The van der Waals surface area contributed by atoms with E-state index in [0.29, 0.717) is 31.7 Å². The molecule has 124 valence electrons. The van der Waals surface area contributed by atoms with E-state index in [1.54, 1.807) is 21.9 Å². The lowest BCUT2D eigenvalue weighted by Gasteiger charge is -2.34. The number of piperazine rings is 1. The van der Waals surface area contributed by atoms with Crippen molar-refractivity contribution in [3.05, 3.63) is 62.5 Å². The molecule has 0 spiro atoms. The van der Waals surface area contributed by atoms with Crippen molar-refractivity contribution in [2.24, 2.45) is 0 Å². The van der Waals surface area contributed by atoms with Crippen molar-refractivity contribution in [3.8, 4) is 0 Å². The lowest BCUT2D eigenvalue weighted by Crippen LogP contribution is -2.50. The van der Waals surface area contributed by atoms with E-state index in [4.69, 9.17) is 0 Å². The minimum atomic E-state index is -0.351. The fourth-order valence-corrected chi connectivity index (χ4v) is 2.94. The molecule has 3 rings (SSSR count). The Morgan fingerprint density at radius 2 is 1.67 bits per heavy atom. The lowest BCUT2D eigenvalue weighted by molar-refractivity contribution is 0.0531. The number of nitrogens with zero attached hydrogens (tertiary/aromatic N) is 3. The summed E-state index contributed by atoms with van der Waals surface area (Å²) >= 11 is 3.36. The molecule has 1 N–H and O–H groups in total. The molecule has 0 aliphatic carbocycles. The molecule has 0 radical (unpaired) electrons. The monoisotopic (exact) mass is 390 g/mol. The van der Waals surface area contributed by atoms with Crippen LogP contribution in [0, 0.1) is 0 Å². The number of H-pyrrole nitrogens is 1. The van der Waals surface area contributed by atoms with E-state index < -0.39 is 0 Å². The zero-order valence-corrected chi connectivity index (χ0v) is 14.3. The summed E-state index contributed by atoms with van der Waals surface area (Å²) in [5.74, 6) is -0.300. The average molecular weight is 391 g/mol. The number of amides is 2. The van der Waals surface area contributed by atoms with Crippen molar-refractivity contribution >= 4 is 27.7 Å². The summed E-state index contributed by atoms with van der Waals surface area (Å²) in [6, 6.07) is 9.91. The smallest absolute Gasteiger partial charge is 0.274 e. The van der Waals surface area contributed by atoms with Crippen LogP contribution in [0.2, 0.25) is 0 Å². The molecule has 1 aromatic heterocycles. The van der Waals surface area contributed by atoms with E-state index in [-0.39, 0.29) is 23.1 Å². The summed E-state index contributed by atoms with van der Waals surface area (Å²) in [4.78, 5) is 39.2. The standard InChI is InChI=1S/C16H15BrN4O3/c17-12-3-1-2-11(10-12)15(23)20-6-8-21(9-7-20)16(24)13-4-5-14(22)19-18-13/h1-5,10H,6-9H2,(H,19,22). The maximum Gasteiger partial charge on any atom is 0.274 e. The number of rotatable bonds is 2. The van der Waals surface area contributed by atoms with Crippen molar-refractivity contribution in [3.63, 3.8) is 0 Å². The van der Waals surface area contributed by atoms with Gasteiger partial charge in [0.2, 0.25) is 0 Å². The van der Waals surface area contributed by atoms with Crippen LogP contribution in [0.5, 0.6) is 0 Å². The first-order valence-electron chi connectivity index (χ1n) is 7.44. The highest BCUT2D eigenvalue weighted by Gasteiger charge is 2.26. The van der Waals surface area contributed by atoms with Crippen LogP contribution in [0.3, 0.4) is 0 Å². The fraction of sp³-hybridized carbons (Fsp3) is 0.250. The summed E-state index contributed by atoms with van der Waals surface area (Å²) < 4.78 is 0.853. The number of benzene rings is 1. The van der Waals surface area contributed by atoms with Gasteiger partial charge in [-0.05, 0) is 24.3 Å². The van der Waals surface area contributed by atoms with Crippen molar-refractivity contribution < 1.29 is 9.59 Å². The highest BCUT2D eigenvalue weighted by Crippen LogP contribution is 2.15. The largest absolute Gasteiger partial charge is 0.335 e. The Kier molecular flexibility index (Phi) is 4.75. The quantitative estimate of drug-likeness (QED) is 0.832. The van der Waals surface area contributed by atoms with Crippen molar-refractivity contribution in [1.29, 1.82) is 0 Å². The van der Waals surface area contributed by atoms with Gasteiger partial charge in [-0.15, -0.1) is 0 Å². The molecule has 1 aromatic carbocycles. The number of halogens is 1. The van der Waals surface area contributed by atoms with Gasteiger partial charge in [-0.2, -0.15) is 5.10 Å². The van der Waals surface area contributed by atoms with Crippen LogP contribution in [0.1, 0.15) is 20.8 Å². The number of hydrogen-bond donors (Lipinski definition) is 1. The molecule has 1 aliphatic heterocycles. The third-order valence-electron chi connectivity index (χ3n) is 3.82. The Morgan fingerprint density at radius 1 is 1.00 bits per heavy atom. The third-order valence-corrected chi connectivity index (χ3v) is 4.32. The van der Waals surface area contributed by atoms with Crippen molar-refractivity contribution in [2.45, 2.75) is 0 Å². The Bertz CT molecular complexity index is 808. The molecule has 1 aliphatic rings. The van der Waals surface area contributed by atoms with Gasteiger partial charge in [-0.25, -0.2) is 5.10 Å². The molecule has 0 atom stereocenters. The zero-order chi connectivity index (χ0) is 17.1. The lowest BCUT2D eigenvalue weighted by atomic mass is 10.2. The number of aromatic amines is 1. The Morgan fingerprint density at radius 3 is 2.25 bits per heavy atom. The van der Waals surface area contributed by atoms with Gasteiger partial charge in [0, 0.05) is 42.3 Å². The summed E-state index contributed by atoms with van der Waals surface area (Å²) in [5.41, 5.74) is 0.462. The molecule has 0 unspecified atom stereocenters. The van der Waals surface area contributed by atoms with Crippen LogP contribution in [-0.4, -0.2) is 58.0 Å². The minimum absolute atomic E-state index is 0.0504. The van der Waals surface area contributed by atoms with Crippen LogP contribution in [0.25, 0.3) is 0 Å². The molecule has 24 heavy (non-hydrogen) atoms. The summed E-state index contributed by atoms with van der Waals surface area (Å²) in [7, 11) is 0. The van der Waals surface area contributed by atoms with Crippen LogP contribution in [0.4, 0.5) is 0 Å². The molecule has 0 bridgehead atoms. The topological polar surface area (TPSA) is 86.4 Å². The molecule has 2 amide bonds. The van der Waals surface area contributed by atoms with E-state index in [1.165, 1.54) is 12.1 Å². The second-order valence-corrected chi connectivity index (χ2v) is 6.32. The van der Waals surface area contributed by atoms with Gasteiger partial charge in [0.25, 0.3) is 17.4 Å². The van der Waals surface area contributed by atoms with E-state index >= 15 is 0 Å². The highest BCUT2D eigenvalue weighted by atomic mass is 79.9. The van der Waals surface area contributed by atoms with E-state index in [1.807, 2.05) is 12.1 Å². The first-order valence-corrected chi connectivity index (χ1v) is 8.24. The second kappa shape index (κ2) is 6.96. The first-order chi connectivity index (χ1) is 11.5. The molecule has 2 heterocycles. The second-order valence-electron chi connectivity index (χ2n) is 5.40. The third kappa shape index (κ3) is 3.53. The molecule has 7 nitrogen and oxygen atoms in total. The minimum Gasteiger partial charge on any atom is -0.335 e. The van der Waals surface area contributed by atoms with E-state index in [2.05, 4.69) is 26.1 Å². The maximum absolute atomic E-state index is 12.5. The van der Waals surface area contributed by atoms with E-state index in [9.17, 15) is 14.4 Å². The Balaban J connectivity index is 1.63. The molecular formula is C16H15BrN4O3. The molecule has 1 saturated heterocycles. The Labute approximate surface area is 146 Å².